The monoisotopic (exact) mass is 516 g/mol. The largest absolute Gasteiger partial charge is 0.462 e. The molecular formula is C29H40O8. The molecule has 0 aromatic rings. The average Bonchev–Trinajstić information content (AvgIpc) is 2.97. The van der Waals surface area contributed by atoms with Crippen LogP contribution in [0.2, 0.25) is 0 Å². The normalized spacial score (nSPS) is 48.2. The molecule has 5 aliphatic carbocycles. The number of aliphatic hydroxyl groups excluding tert-OH is 1. The van der Waals surface area contributed by atoms with Crippen LogP contribution >= 0.6 is 0 Å². The number of esters is 2. The standard InChI is InChI=1S/C29H40O8/c1-15-18-10-11-19-27-14-35-29(34,23(32)21(27)26(3,4)13-12-20(27)36-16(2)30)28(19,22(15)31)24(18)37-25(33)17-8-6-5-7-9-17/h17-21,23-24,32,34H,1,5-14H2,2-4H3/t18-,19-,20-,21+,23-,24+,27+,28-,29+/m0/s1. The van der Waals surface area contributed by atoms with Crippen LogP contribution in [0.5, 0.6) is 0 Å². The van der Waals surface area contributed by atoms with Crippen LogP contribution in [0.3, 0.4) is 0 Å². The first-order valence-corrected chi connectivity index (χ1v) is 14.1. The SMILES string of the molecule is C=C1C(=O)[C@]23[C@H](OC(=O)C4CCCCC4)[C@H]1CC[C@H]2[C@@]12CO[C@]3(O)[C@@H](O)[C@@H]1C(C)(C)CC[C@@H]2OC(C)=O. The van der Waals surface area contributed by atoms with E-state index in [1.165, 1.54) is 6.92 Å². The molecule has 2 N–H and O–H groups in total. The summed E-state index contributed by atoms with van der Waals surface area (Å²) in [6, 6.07) is 0. The third-order valence-corrected chi connectivity index (χ3v) is 11.3. The lowest BCUT2D eigenvalue weighted by atomic mass is 9.35. The molecule has 2 saturated heterocycles. The fourth-order valence-electron chi connectivity index (χ4n) is 9.94. The van der Waals surface area contributed by atoms with E-state index >= 15 is 0 Å². The second-order valence-corrected chi connectivity index (χ2v) is 13.3. The second-order valence-electron chi connectivity index (χ2n) is 13.3. The Morgan fingerprint density at radius 2 is 1.76 bits per heavy atom. The van der Waals surface area contributed by atoms with Crippen molar-refractivity contribution in [2.24, 2.45) is 39.9 Å². The molecule has 37 heavy (non-hydrogen) atoms. The van der Waals surface area contributed by atoms with E-state index in [4.69, 9.17) is 14.2 Å². The van der Waals surface area contributed by atoms with Crippen molar-refractivity contribution in [1.29, 1.82) is 0 Å². The van der Waals surface area contributed by atoms with Gasteiger partial charge in [-0.25, -0.2) is 0 Å². The predicted octanol–water partition coefficient (Wildman–Crippen LogP) is 3.08. The maximum Gasteiger partial charge on any atom is 0.309 e. The number of hydrogen-bond acceptors (Lipinski definition) is 8. The molecule has 7 rings (SSSR count). The topological polar surface area (TPSA) is 119 Å². The van der Waals surface area contributed by atoms with Crippen molar-refractivity contribution in [3.8, 4) is 0 Å². The number of carbonyl (C=O) groups excluding carboxylic acids is 3. The van der Waals surface area contributed by atoms with Crippen LogP contribution in [0.25, 0.3) is 0 Å². The summed E-state index contributed by atoms with van der Waals surface area (Å²) in [6.07, 6.45) is 3.93. The van der Waals surface area contributed by atoms with Crippen molar-refractivity contribution in [2.75, 3.05) is 6.61 Å². The van der Waals surface area contributed by atoms with E-state index in [0.29, 0.717) is 31.3 Å². The van der Waals surface area contributed by atoms with E-state index in [-0.39, 0.29) is 24.3 Å². The number of ketones is 1. The number of aliphatic hydroxyl groups is 2. The minimum Gasteiger partial charge on any atom is -0.462 e. The van der Waals surface area contributed by atoms with Crippen molar-refractivity contribution < 1.29 is 38.8 Å². The molecule has 7 aliphatic rings. The number of Topliss-reactive ketones (excluding diaryl/α,β-unsaturated/α-hetero) is 1. The molecule has 0 unspecified atom stereocenters. The first-order valence-electron chi connectivity index (χ1n) is 14.1. The van der Waals surface area contributed by atoms with Gasteiger partial charge in [-0.15, -0.1) is 0 Å². The van der Waals surface area contributed by atoms with E-state index in [9.17, 15) is 24.6 Å². The van der Waals surface area contributed by atoms with Gasteiger partial charge in [0.25, 0.3) is 0 Å². The highest BCUT2D eigenvalue weighted by Crippen LogP contribution is 2.77. The van der Waals surface area contributed by atoms with Gasteiger partial charge in [0, 0.05) is 24.2 Å². The molecule has 5 saturated carbocycles. The Bertz CT molecular complexity index is 1040. The van der Waals surface area contributed by atoms with Crippen LogP contribution in [0.15, 0.2) is 12.2 Å². The molecule has 2 aliphatic heterocycles. The fraction of sp³-hybridized carbons (Fsp3) is 0.828. The summed E-state index contributed by atoms with van der Waals surface area (Å²) in [5, 5.41) is 24.3. The van der Waals surface area contributed by atoms with Crippen LogP contribution in [0.1, 0.15) is 78.6 Å². The Labute approximate surface area is 218 Å². The van der Waals surface area contributed by atoms with E-state index in [1.54, 1.807) is 0 Å². The summed E-state index contributed by atoms with van der Waals surface area (Å²) in [4.78, 5) is 40.0. The van der Waals surface area contributed by atoms with E-state index in [1.807, 2.05) is 0 Å². The number of fused-ring (bicyclic) bond motifs is 2. The third kappa shape index (κ3) is 2.98. The molecule has 2 heterocycles. The molecule has 9 atom stereocenters. The minimum absolute atomic E-state index is 0.0622. The van der Waals surface area contributed by atoms with Crippen molar-refractivity contribution in [3.63, 3.8) is 0 Å². The Hall–Kier alpha value is -1.77. The van der Waals surface area contributed by atoms with Gasteiger partial charge in [0.1, 0.15) is 23.7 Å². The molecule has 2 spiro atoms. The zero-order chi connectivity index (χ0) is 26.5. The van der Waals surface area contributed by atoms with Crippen LogP contribution in [0, 0.1) is 39.9 Å². The molecule has 8 heteroatoms. The summed E-state index contributed by atoms with van der Waals surface area (Å²) >= 11 is 0. The summed E-state index contributed by atoms with van der Waals surface area (Å²) < 4.78 is 18.3. The van der Waals surface area contributed by atoms with E-state index in [0.717, 1.165) is 32.1 Å². The number of hydrogen-bond donors (Lipinski definition) is 2. The second kappa shape index (κ2) is 8.12. The zero-order valence-electron chi connectivity index (χ0n) is 22.2. The molecule has 8 nitrogen and oxygen atoms in total. The quantitative estimate of drug-likeness (QED) is 0.434. The lowest BCUT2D eigenvalue weighted by molar-refractivity contribution is -0.458. The van der Waals surface area contributed by atoms with Gasteiger partial charge in [0.15, 0.2) is 5.78 Å². The molecule has 0 amide bonds. The molecule has 0 aromatic heterocycles. The highest BCUT2D eigenvalue weighted by molar-refractivity contribution is 6.05. The van der Waals surface area contributed by atoms with Gasteiger partial charge >= 0.3 is 11.9 Å². The predicted molar refractivity (Wildman–Crippen MR) is 131 cm³/mol. The number of ether oxygens (including phenoxy) is 3. The summed E-state index contributed by atoms with van der Waals surface area (Å²) in [7, 11) is 0. The van der Waals surface area contributed by atoms with Gasteiger partial charge in [0.2, 0.25) is 5.79 Å². The molecule has 4 bridgehead atoms. The fourth-order valence-corrected chi connectivity index (χ4v) is 9.94. The lowest BCUT2D eigenvalue weighted by Gasteiger charge is -2.74. The minimum atomic E-state index is -2.23. The molecule has 0 aromatic carbocycles. The lowest BCUT2D eigenvalue weighted by Crippen LogP contribution is -2.86. The smallest absolute Gasteiger partial charge is 0.309 e. The molecule has 0 radical (unpaired) electrons. The summed E-state index contributed by atoms with van der Waals surface area (Å²) in [5.74, 6) is -5.02. The maximum atomic E-state index is 14.3. The van der Waals surface area contributed by atoms with Gasteiger partial charge < -0.3 is 24.4 Å². The van der Waals surface area contributed by atoms with Crippen LogP contribution in [-0.4, -0.2) is 58.6 Å². The van der Waals surface area contributed by atoms with Gasteiger partial charge in [0.05, 0.1) is 12.5 Å². The average molecular weight is 517 g/mol. The van der Waals surface area contributed by atoms with Gasteiger partial charge in [-0.2, -0.15) is 0 Å². The van der Waals surface area contributed by atoms with Crippen molar-refractivity contribution in [1.82, 2.24) is 0 Å². The highest BCUT2D eigenvalue weighted by Gasteiger charge is 2.88. The summed E-state index contributed by atoms with van der Waals surface area (Å²) in [5.41, 5.74) is -2.66. The maximum absolute atomic E-state index is 14.3. The van der Waals surface area contributed by atoms with Crippen molar-refractivity contribution in [3.05, 3.63) is 12.2 Å². The van der Waals surface area contributed by atoms with Gasteiger partial charge in [-0.05, 0) is 55.4 Å². The highest BCUT2D eigenvalue weighted by atomic mass is 16.7. The van der Waals surface area contributed by atoms with E-state index < -0.39 is 64.1 Å². The number of carbonyl (C=O) groups is 3. The Morgan fingerprint density at radius 3 is 2.43 bits per heavy atom. The first-order chi connectivity index (χ1) is 17.4. The van der Waals surface area contributed by atoms with Crippen LogP contribution in [0.4, 0.5) is 0 Å². The van der Waals surface area contributed by atoms with Crippen LogP contribution < -0.4 is 0 Å². The van der Waals surface area contributed by atoms with E-state index in [2.05, 4.69) is 20.4 Å². The Morgan fingerprint density at radius 1 is 1.05 bits per heavy atom. The van der Waals surface area contributed by atoms with Crippen molar-refractivity contribution in [2.45, 2.75) is 103 Å². The zero-order valence-corrected chi connectivity index (χ0v) is 22.2. The Balaban J connectivity index is 1.51. The Kier molecular flexibility index (Phi) is 5.60. The third-order valence-electron chi connectivity index (χ3n) is 11.3. The van der Waals surface area contributed by atoms with Crippen molar-refractivity contribution >= 4 is 17.7 Å². The molecular weight excluding hydrogens is 476 g/mol. The first kappa shape index (κ1) is 25.5. The van der Waals surface area contributed by atoms with Crippen LogP contribution in [-0.2, 0) is 28.6 Å². The van der Waals surface area contributed by atoms with Gasteiger partial charge in [-0.3, -0.25) is 14.4 Å². The molecule has 204 valence electrons. The number of rotatable bonds is 3. The van der Waals surface area contributed by atoms with Gasteiger partial charge in [-0.1, -0.05) is 39.7 Å². The molecule has 7 fully saturated rings. The summed E-state index contributed by atoms with van der Waals surface area (Å²) in [6.45, 7) is 9.65.